The number of hydrogen-bond donors (Lipinski definition) is 3. The lowest BCUT2D eigenvalue weighted by molar-refractivity contribution is -0.192. The van der Waals surface area contributed by atoms with E-state index in [1.54, 1.807) is 5.38 Å². The van der Waals surface area contributed by atoms with Gasteiger partial charge in [0.15, 0.2) is 5.13 Å². The van der Waals surface area contributed by atoms with Gasteiger partial charge < -0.3 is 10.4 Å². The maximum atomic E-state index is 14.8. The fourth-order valence-electron chi connectivity index (χ4n) is 3.31. The molecule has 4 rings (SSSR count). The zero-order valence-electron chi connectivity index (χ0n) is 19.1. The van der Waals surface area contributed by atoms with E-state index in [1.165, 1.54) is 6.20 Å². The second-order valence-corrected chi connectivity index (χ2v) is 10.9. The van der Waals surface area contributed by atoms with Crippen LogP contribution in [0.4, 0.5) is 32.8 Å². The molecule has 2 aromatic carbocycles. The molecule has 1 aliphatic rings. The lowest BCUT2D eigenvalue weighted by Gasteiger charge is -2.37. The zero-order chi connectivity index (χ0) is 28.1. The van der Waals surface area contributed by atoms with Crippen LogP contribution in [0.2, 0.25) is 5.02 Å². The highest BCUT2D eigenvalue weighted by Crippen LogP contribution is 2.32. The fraction of sp³-hybridized carbons (Fsp3) is 0.273. The van der Waals surface area contributed by atoms with Gasteiger partial charge in [-0.05, 0) is 17.7 Å². The molecule has 2 heterocycles. The number of hydrogen-bond acceptors (Lipinski definition) is 7. The Hall–Kier alpha value is -3.01. The summed E-state index contributed by atoms with van der Waals surface area (Å²) in [5, 5.41) is 12.1. The highest BCUT2D eigenvalue weighted by atomic mass is 35.5. The van der Waals surface area contributed by atoms with Gasteiger partial charge in [-0.25, -0.2) is 27.0 Å². The van der Waals surface area contributed by atoms with Gasteiger partial charge in [0.05, 0.1) is 16.8 Å². The molecule has 0 saturated carbocycles. The number of nitrogens with zero attached hydrogens (tertiary/aromatic N) is 2. The average molecular weight is 599 g/mol. The average Bonchev–Trinajstić information content (AvgIpc) is 3.32. The molecule has 1 aliphatic heterocycles. The van der Waals surface area contributed by atoms with Gasteiger partial charge in [-0.15, -0.1) is 11.3 Å². The van der Waals surface area contributed by atoms with Gasteiger partial charge in [-0.1, -0.05) is 41.9 Å². The number of aromatic nitrogens is 1. The molecule has 0 aliphatic carbocycles. The number of likely N-dealkylation sites (tertiary alicyclic amines) is 1. The number of sulfonamides is 1. The number of carbonyl (C=O) groups is 1. The minimum Gasteiger partial charge on any atom is -0.475 e. The highest BCUT2D eigenvalue weighted by Gasteiger charge is 2.38. The Kier molecular flexibility index (Phi) is 9.51. The second-order valence-electron chi connectivity index (χ2n) is 7.93. The van der Waals surface area contributed by atoms with Crippen molar-refractivity contribution in [2.75, 3.05) is 29.7 Å². The van der Waals surface area contributed by atoms with Gasteiger partial charge in [0.1, 0.15) is 16.9 Å². The van der Waals surface area contributed by atoms with E-state index in [0.29, 0.717) is 19.6 Å². The maximum Gasteiger partial charge on any atom is 0.490 e. The Labute approximate surface area is 223 Å². The standard InChI is InChI=1S/C20H19ClF2N4O2S2.C2HF3O2/c21-15-8-19(31(28,29)26-20-24-6-7-30-20)16(23)9-17(15)25-18(12-27-10-14(22)11-27)13-4-2-1-3-5-13;3-2(4,5)1(6)7/h1-9,14,18,25H,10-12H2,(H,24,26);(H,6,7)/t18-;/m1./s1. The van der Waals surface area contributed by atoms with Gasteiger partial charge in [0, 0.05) is 31.2 Å². The lowest BCUT2D eigenvalue weighted by atomic mass is 10.0. The smallest absolute Gasteiger partial charge is 0.475 e. The van der Waals surface area contributed by atoms with Gasteiger partial charge >= 0.3 is 12.1 Å². The van der Waals surface area contributed by atoms with E-state index < -0.39 is 39.1 Å². The first kappa shape index (κ1) is 29.5. The number of alkyl halides is 4. The van der Waals surface area contributed by atoms with E-state index in [0.717, 1.165) is 29.0 Å². The molecule has 1 fully saturated rings. The number of anilines is 2. The summed E-state index contributed by atoms with van der Waals surface area (Å²) >= 11 is 7.40. The van der Waals surface area contributed by atoms with Gasteiger partial charge in [0.2, 0.25) is 0 Å². The van der Waals surface area contributed by atoms with Crippen LogP contribution >= 0.6 is 22.9 Å². The summed E-state index contributed by atoms with van der Waals surface area (Å²) in [6.45, 7) is 1.17. The Morgan fingerprint density at radius 3 is 2.39 bits per heavy atom. The number of nitrogens with one attached hydrogen (secondary N) is 2. The highest BCUT2D eigenvalue weighted by molar-refractivity contribution is 7.93. The molecule has 1 aromatic heterocycles. The number of aliphatic carboxylic acids is 1. The molecule has 3 aromatic rings. The minimum absolute atomic E-state index is 0.0498. The molecular formula is C22H20ClF5N4O4S2. The van der Waals surface area contributed by atoms with Crippen molar-refractivity contribution in [1.29, 1.82) is 0 Å². The monoisotopic (exact) mass is 598 g/mol. The topological polar surface area (TPSA) is 112 Å². The summed E-state index contributed by atoms with van der Waals surface area (Å²) < 4.78 is 87.1. The molecule has 1 atom stereocenters. The van der Waals surface area contributed by atoms with Gasteiger partial charge in [0.25, 0.3) is 10.0 Å². The van der Waals surface area contributed by atoms with Crippen molar-refractivity contribution in [2.45, 2.75) is 23.3 Å². The molecule has 0 amide bonds. The van der Waals surface area contributed by atoms with E-state index in [1.807, 2.05) is 35.2 Å². The number of rotatable bonds is 8. The lowest BCUT2D eigenvalue weighted by Crippen LogP contribution is -2.50. The number of carboxylic acid groups (broad SMARTS) is 1. The number of thiazole rings is 1. The minimum atomic E-state index is -5.08. The Morgan fingerprint density at radius 2 is 1.87 bits per heavy atom. The van der Waals surface area contributed by atoms with E-state index in [2.05, 4.69) is 15.0 Å². The predicted molar refractivity (Wildman–Crippen MR) is 132 cm³/mol. The number of halogens is 6. The SMILES string of the molecule is O=C(O)C(F)(F)F.O=S(=O)(Nc1nccs1)c1cc(Cl)c(N[C@H](CN2CC(F)C2)c2ccccc2)cc1F. The third kappa shape index (κ3) is 7.99. The summed E-state index contributed by atoms with van der Waals surface area (Å²) in [5.41, 5.74) is 1.17. The van der Waals surface area contributed by atoms with E-state index in [4.69, 9.17) is 21.5 Å². The van der Waals surface area contributed by atoms with Crippen molar-refractivity contribution in [3.63, 3.8) is 0 Å². The Bertz CT molecular complexity index is 1340. The predicted octanol–water partition coefficient (Wildman–Crippen LogP) is 5.18. The van der Waals surface area contributed by atoms with Crippen LogP contribution in [0.25, 0.3) is 0 Å². The largest absolute Gasteiger partial charge is 0.490 e. The van der Waals surface area contributed by atoms with Crippen LogP contribution in [-0.4, -0.2) is 61.4 Å². The van der Waals surface area contributed by atoms with Gasteiger partial charge in [-0.2, -0.15) is 13.2 Å². The van der Waals surface area contributed by atoms with Crippen LogP contribution in [0, 0.1) is 5.82 Å². The van der Waals surface area contributed by atoms with Crippen LogP contribution < -0.4 is 10.0 Å². The number of carboxylic acids is 1. The summed E-state index contributed by atoms with van der Waals surface area (Å²) in [6.07, 6.45) is -4.49. The molecule has 0 bridgehead atoms. The van der Waals surface area contributed by atoms with Crippen molar-refractivity contribution in [3.8, 4) is 0 Å². The molecule has 3 N–H and O–H groups in total. The van der Waals surface area contributed by atoms with Crippen molar-refractivity contribution >= 4 is 49.7 Å². The van der Waals surface area contributed by atoms with E-state index in [-0.39, 0.29) is 21.9 Å². The third-order valence-electron chi connectivity index (χ3n) is 5.09. The van der Waals surface area contributed by atoms with Crippen LogP contribution in [0.1, 0.15) is 11.6 Å². The first-order valence-corrected chi connectivity index (χ1v) is 13.4. The summed E-state index contributed by atoms with van der Waals surface area (Å²) in [5.74, 6) is -3.71. The second kappa shape index (κ2) is 12.2. The van der Waals surface area contributed by atoms with Crippen molar-refractivity contribution in [2.24, 2.45) is 0 Å². The Balaban J connectivity index is 0.000000505. The third-order valence-corrected chi connectivity index (χ3v) is 7.58. The molecule has 1 saturated heterocycles. The van der Waals surface area contributed by atoms with Crippen LogP contribution in [-0.2, 0) is 14.8 Å². The van der Waals surface area contributed by atoms with Crippen molar-refractivity contribution in [3.05, 3.63) is 70.4 Å². The molecule has 0 radical (unpaired) electrons. The van der Waals surface area contributed by atoms with E-state index >= 15 is 0 Å². The molecular weight excluding hydrogens is 579 g/mol. The molecule has 0 unspecified atom stereocenters. The van der Waals surface area contributed by atoms with Gasteiger partial charge in [-0.3, -0.25) is 9.62 Å². The Morgan fingerprint density at radius 1 is 1.24 bits per heavy atom. The fourth-order valence-corrected chi connectivity index (χ4v) is 5.47. The summed E-state index contributed by atoms with van der Waals surface area (Å²) in [7, 11) is -4.19. The van der Waals surface area contributed by atoms with Crippen LogP contribution in [0.3, 0.4) is 0 Å². The summed E-state index contributed by atoms with van der Waals surface area (Å²) in [4.78, 5) is 14.1. The van der Waals surface area contributed by atoms with Crippen molar-refractivity contribution < 1.29 is 40.3 Å². The zero-order valence-corrected chi connectivity index (χ0v) is 21.5. The van der Waals surface area contributed by atoms with Crippen LogP contribution in [0.5, 0.6) is 0 Å². The van der Waals surface area contributed by atoms with E-state index in [9.17, 15) is 30.4 Å². The molecule has 16 heteroatoms. The molecule has 8 nitrogen and oxygen atoms in total. The molecule has 38 heavy (non-hydrogen) atoms. The first-order chi connectivity index (χ1) is 17.8. The van der Waals surface area contributed by atoms with Crippen molar-refractivity contribution in [1.82, 2.24) is 9.88 Å². The molecule has 206 valence electrons. The first-order valence-electron chi connectivity index (χ1n) is 10.7. The number of benzene rings is 2. The van der Waals surface area contributed by atoms with Crippen LogP contribution in [0.15, 0.2) is 58.9 Å². The normalized spacial score (nSPS) is 15.1. The maximum absolute atomic E-state index is 14.8. The molecule has 0 spiro atoms. The quantitative estimate of drug-likeness (QED) is 0.307. The summed E-state index contributed by atoms with van der Waals surface area (Å²) in [6, 6.07) is 11.3.